The summed E-state index contributed by atoms with van der Waals surface area (Å²) in [5.41, 5.74) is 2.13. The van der Waals surface area contributed by atoms with Crippen LogP contribution < -0.4 is 5.32 Å². The molecule has 0 unspecified atom stereocenters. The molecule has 198 valence electrons. The van der Waals surface area contributed by atoms with E-state index in [0.717, 1.165) is 41.1 Å². The van der Waals surface area contributed by atoms with Crippen molar-refractivity contribution in [2.45, 2.75) is 82.3 Å². The summed E-state index contributed by atoms with van der Waals surface area (Å²) < 4.78 is 26.5. The van der Waals surface area contributed by atoms with Gasteiger partial charge in [-0.25, -0.2) is 12.7 Å². The third-order valence-electron chi connectivity index (χ3n) is 7.22. The van der Waals surface area contributed by atoms with Crippen molar-refractivity contribution in [2.24, 2.45) is 0 Å². The molecule has 0 spiro atoms. The lowest BCUT2D eigenvalue weighted by molar-refractivity contribution is -0.141. The molecule has 1 atom stereocenters. The highest BCUT2D eigenvalue weighted by Crippen LogP contribution is 2.30. The minimum atomic E-state index is -3.92. The number of benzene rings is 2. The Hall–Kier alpha value is -3.20. The summed E-state index contributed by atoms with van der Waals surface area (Å²) in [6.07, 6.45) is 5.44. The average molecular weight is 526 g/mol. The topological polar surface area (TPSA) is 104 Å². The van der Waals surface area contributed by atoms with Gasteiger partial charge in [-0.3, -0.25) is 14.4 Å². The molecule has 0 radical (unpaired) electrons. The molecular weight excluding hydrogens is 490 g/mol. The molecule has 3 amide bonds. The van der Waals surface area contributed by atoms with Gasteiger partial charge in [0.05, 0.1) is 5.56 Å². The predicted octanol–water partition coefficient (Wildman–Crippen LogP) is 3.79. The number of carbonyl (C=O) groups excluding carboxylic acids is 3. The fourth-order valence-corrected chi connectivity index (χ4v) is 6.74. The quantitative estimate of drug-likeness (QED) is 0.537. The molecule has 0 saturated heterocycles. The highest BCUT2D eigenvalue weighted by Gasteiger charge is 2.40. The first kappa shape index (κ1) is 26.9. The van der Waals surface area contributed by atoms with Crippen molar-refractivity contribution < 1.29 is 22.8 Å². The maximum atomic E-state index is 13.4. The van der Waals surface area contributed by atoms with Gasteiger partial charge in [0.1, 0.15) is 10.9 Å². The van der Waals surface area contributed by atoms with Gasteiger partial charge in [-0.1, -0.05) is 61.2 Å². The molecule has 1 aliphatic heterocycles. The van der Waals surface area contributed by atoms with Gasteiger partial charge in [0.25, 0.3) is 15.9 Å². The van der Waals surface area contributed by atoms with Crippen LogP contribution in [0.15, 0.2) is 53.4 Å². The number of carbonyl (C=O) groups is 3. The van der Waals surface area contributed by atoms with Gasteiger partial charge in [-0.15, -0.1) is 0 Å². The van der Waals surface area contributed by atoms with Crippen LogP contribution >= 0.6 is 0 Å². The molecule has 8 nitrogen and oxygen atoms in total. The summed E-state index contributed by atoms with van der Waals surface area (Å²) in [6.45, 7) is 3.88. The highest BCUT2D eigenvalue weighted by molar-refractivity contribution is 7.90. The van der Waals surface area contributed by atoms with E-state index in [-0.39, 0.29) is 54.2 Å². The van der Waals surface area contributed by atoms with Gasteiger partial charge >= 0.3 is 0 Å². The minimum absolute atomic E-state index is 0.000376. The van der Waals surface area contributed by atoms with Gasteiger partial charge in [0, 0.05) is 25.6 Å². The number of aryl methyl sites for hydroxylation is 1. The predicted molar refractivity (Wildman–Crippen MR) is 140 cm³/mol. The number of fused-ring (bicyclic) bond motifs is 1. The zero-order valence-electron chi connectivity index (χ0n) is 21.5. The second-order valence-corrected chi connectivity index (χ2v) is 11.8. The summed E-state index contributed by atoms with van der Waals surface area (Å²) in [7, 11) is -3.92. The fraction of sp³-hybridized carbons (Fsp3) is 0.464. The summed E-state index contributed by atoms with van der Waals surface area (Å²) in [6, 6.07) is 13.4. The van der Waals surface area contributed by atoms with E-state index in [0.29, 0.717) is 0 Å². The van der Waals surface area contributed by atoms with Crippen molar-refractivity contribution >= 4 is 27.7 Å². The molecule has 0 aromatic heterocycles. The van der Waals surface area contributed by atoms with E-state index in [2.05, 4.69) is 5.32 Å². The number of hydrogen-bond donors (Lipinski definition) is 1. The molecule has 37 heavy (non-hydrogen) atoms. The first-order valence-corrected chi connectivity index (χ1v) is 14.4. The molecule has 2 aliphatic rings. The van der Waals surface area contributed by atoms with E-state index in [1.54, 1.807) is 24.0 Å². The van der Waals surface area contributed by atoms with E-state index in [1.165, 1.54) is 18.6 Å². The Morgan fingerprint density at radius 3 is 2.51 bits per heavy atom. The third kappa shape index (κ3) is 6.04. The van der Waals surface area contributed by atoms with Crippen LogP contribution in [0, 0.1) is 6.92 Å². The van der Waals surface area contributed by atoms with Gasteiger partial charge in [0.15, 0.2) is 0 Å². The first-order chi connectivity index (χ1) is 17.7. The highest BCUT2D eigenvalue weighted by atomic mass is 32.2. The smallest absolute Gasteiger partial charge is 0.269 e. The van der Waals surface area contributed by atoms with Gasteiger partial charge in [0.2, 0.25) is 11.8 Å². The van der Waals surface area contributed by atoms with Crippen molar-refractivity contribution in [3.05, 3.63) is 65.2 Å². The lowest BCUT2D eigenvalue weighted by atomic mass is 9.95. The van der Waals surface area contributed by atoms with Crippen molar-refractivity contribution in [3.63, 3.8) is 0 Å². The summed E-state index contributed by atoms with van der Waals surface area (Å²) >= 11 is 0. The van der Waals surface area contributed by atoms with Gasteiger partial charge in [-0.2, -0.15) is 0 Å². The zero-order valence-corrected chi connectivity index (χ0v) is 22.3. The van der Waals surface area contributed by atoms with Crippen LogP contribution in [0.3, 0.4) is 0 Å². The second kappa shape index (κ2) is 11.5. The molecular formula is C28H35N3O5S. The molecule has 2 aromatic carbocycles. The van der Waals surface area contributed by atoms with Crippen LogP contribution in [0.1, 0.15) is 73.4 Å². The van der Waals surface area contributed by atoms with Gasteiger partial charge < -0.3 is 10.2 Å². The van der Waals surface area contributed by atoms with Crippen LogP contribution in [0.5, 0.6) is 0 Å². The first-order valence-electron chi connectivity index (χ1n) is 13.0. The molecule has 9 heteroatoms. The van der Waals surface area contributed by atoms with Crippen molar-refractivity contribution in [1.82, 2.24) is 14.5 Å². The Labute approximate surface area is 219 Å². The van der Waals surface area contributed by atoms with E-state index in [1.807, 2.05) is 31.2 Å². The third-order valence-corrected chi connectivity index (χ3v) is 9.06. The summed E-state index contributed by atoms with van der Waals surface area (Å²) in [5.74, 6) is -1.00. The molecule has 1 saturated carbocycles. The van der Waals surface area contributed by atoms with Gasteiger partial charge in [-0.05, 0) is 50.8 Å². The van der Waals surface area contributed by atoms with E-state index >= 15 is 0 Å². The molecule has 0 bridgehead atoms. The Bertz CT molecular complexity index is 1270. The van der Waals surface area contributed by atoms with Crippen LogP contribution in [-0.4, -0.2) is 54.0 Å². The normalized spacial score (nSPS) is 17.8. The number of sulfonamides is 1. The van der Waals surface area contributed by atoms with Crippen molar-refractivity contribution in [3.8, 4) is 0 Å². The van der Waals surface area contributed by atoms with E-state index in [4.69, 9.17) is 0 Å². The summed E-state index contributed by atoms with van der Waals surface area (Å²) in [4.78, 5) is 40.8. The Morgan fingerprint density at radius 1 is 1.08 bits per heavy atom. The maximum Gasteiger partial charge on any atom is 0.269 e. The van der Waals surface area contributed by atoms with E-state index in [9.17, 15) is 22.8 Å². The molecule has 1 heterocycles. The lowest BCUT2D eigenvalue weighted by Gasteiger charge is -2.31. The number of amides is 3. The number of rotatable bonds is 9. The molecule has 1 aliphatic carbocycles. The van der Waals surface area contributed by atoms with Crippen LogP contribution in [0.4, 0.5) is 0 Å². The number of nitrogens with zero attached hydrogens (tertiary/aromatic N) is 2. The number of nitrogens with one attached hydrogen (secondary N) is 1. The van der Waals surface area contributed by atoms with Crippen molar-refractivity contribution in [1.29, 1.82) is 0 Å². The Kier molecular flexibility index (Phi) is 8.32. The van der Waals surface area contributed by atoms with E-state index < -0.39 is 22.0 Å². The van der Waals surface area contributed by atoms with Crippen LogP contribution in [0.25, 0.3) is 0 Å². The standard InChI is InChI=1S/C28H35N3O5S/c1-20-10-8-11-22(18-20)19-30(21(2)27(33)29-23-12-4-3-5-13-23)26(32)16-9-17-31-28(34)24-14-6-7-15-25(24)37(31,35)36/h6-8,10-11,14-15,18,21,23H,3-5,9,12-13,16-17,19H2,1-2H3,(H,29,33)/t21-/m1/s1. The van der Waals surface area contributed by atoms with Crippen molar-refractivity contribution in [2.75, 3.05) is 6.54 Å². The fourth-order valence-electron chi connectivity index (χ4n) is 5.13. The largest absolute Gasteiger partial charge is 0.352 e. The molecule has 4 rings (SSSR count). The zero-order chi connectivity index (χ0) is 26.6. The Balaban J connectivity index is 1.43. The molecule has 1 fully saturated rings. The summed E-state index contributed by atoms with van der Waals surface area (Å²) in [5, 5.41) is 3.11. The Morgan fingerprint density at radius 2 is 1.81 bits per heavy atom. The van der Waals surface area contributed by atoms with Crippen LogP contribution in [0.2, 0.25) is 0 Å². The second-order valence-electron chi connectivity index (χ2n) is 10.0. The monoisotopic (exact) mass is 525 g/mol. The molecule has 1 N–H and O–H groups in total. The average Bonchev–Trinajstić information content (AvgIpc) is 3.08. The number of hydrogen-bond acceptors (Lipinski definition) is 5. The maximum absolute atomic E-state index is 13.4. The minimum Gasteiger partial charge on any atom is -0.352 e. The van der Waals surface area contributed by atoms with Crippen LogP contribution in [-0.2, 0) is 26.2 Å². The SMILES string of the molecule is Cc1cccc(CN(C(=O)CCCN2C(=O)c3ccccc3S2(=O)=O)[C@H](C)C(=O)NC2CCCCC2)c1. The lowest BCUT2D eigenvalue weighted by Crippen LogP contribution is -2.50. The molecule has 2 aromatic rings.